The van der Waals surface area contributed by atoms with Gasteiger partial charge in [-0.15, -0.1) is 11.3 Å². The van der Waals surface area contributed by atoms with Gasteiger partial charge in [0, 0.05) is 43.4 Å². The molecule has 0 radical (unpaired) electrons. The fraction of sp³-hybridized carbons (Fsp3) is 0.636. The van der Waals surface area contributed by atoms with Crippen LogP contribution in [-0.4, -0.2) is 51.9 Å². The monoisotopic (exact) mass is 411 g/mol. The number of hydrogen-bond acceptors (Lipinski definition) is 6. The molecule has 0 spiro atoms. The number of amides is 1. The van der Waals surface area contributed by atoms with Gasteiger partial charge >= 0.3 is 0 Å². The van der Waals surface area contributed by atoms with Gasteiger partial charge in [0.25, 0.3) is 5.91 Å². The van der Waals surface area contributed by atoms with Crippen molar-refractivity contribution >= 4 is 23.1 Å². The number of piperidine rings is 1. The van der Waals surface area contributed by atoms with Gasteiger partial charge in [0.05, 0.1) is 11.2 Å². The van der Waals surface area contributed by atoms with Crippen LogP contribution in [0.2, 0.25) is 0 Å². The smallest absolute Gasteiger partial charge is 0.265 e. The summed E-state index contributed by atoms with van der Waals surface area (Å²) in [5, 5.41) is 0. The van der Waals surface area contributed by atoms with E-state index in [1.54, 1.807) is 5.51 Å². The molecule has 1 aliphatic carbocycles. The van der Waals surface area contributed by atoms with Crippen molar-refractivity contribution in [2.45, 2.75) is 58.3 Å². The fourth-order valence-corrected chi connectivity index (χ4v) is 5.47. The summed E-state index contributed by atoms with van der Waals surface area (Å²) < 4.78 is 0. The first kappa shape index (κ1) is 19.0. The zero-order valence-electron chi connectivity index (χ0n) is 17.4. The Hall–Kier alpha value is -2.02. The van der Waals surface area contributed by atoms with Crippen molar-refractivity contribution in [1.29, 1.82) is 0 Å². The van der Waals surface area contributed by atoms with Gasteiger partial charge in [0.15, 0.2) is 0 Å². The van der Waals surface area contributed by atoms with E-state index in [4.69, 9.17) is 9.97 Å². The van der Waals surface area contributed by atoms with Gasteiger partial charge in [-0.3, -0.25) is 4.79 Å². The van der Waals surface area contributed by atoms with Crippen LogP contribution in [0.25, 0.3) is 0 Å². The van der Waals surface area contributed by atoms with Gasteiger partial charge in [-0.25, -0.2) is 15.0 Å². The van der Waals surface area contributed by atoms with E-state index in [0.29, 0.717) is 6.54 Å². The van der Waals surface area contributed by atoms with E-state index in [1.807, 2.05) is 11.8 Å². The SMILES string of the molecule is Cc1ncsc1C(=O)N1CCCC(c2nc(C)c3c(n2)N(CC2CC2)CCC3)C1. The molecule has 2 aliphatic heterocycles. The standard InChI is InChI=1S/C22H29N5OS/c1-14-18-6-4-9-26(11-16-7-8-16)21(18)25-20(24-14)17-5-3-10-27(12-17)22(28)19-15(2)23-13-29-19/h13,16-17H,3-12H2,1-2H3. The van der Waals surface area contributed by atoms with Crippen LogP contribution in [0.5, 0.6) is 0 Å². The lowest BCUT2D eigenvalue weighted by atomic mass is 9.95. The quantitative estimate of drug-likeness (QED) is 0.767. The zero-order valence-corrected chi connectivity index (χ0v) is 18.2. The van der Waals surface area contributed by atoms with Crippen molar-refractivity contribution in [3.05, 3.63) is 33.2 Å². The number of likely N-dealkylation sites (tertiary alicyclic amines) is 1. The molecule has 154 valence electrons. The third-order valence-corrected chi connectivity index (χ3v) is 7.47. The maximum atomic E-state index is 13.0. The number of aryl methyl sites for hydroxylation is 2. The molecule has 1 saturated heterocycles. The average Bonchev–Trinajstić information content (AvgIpc) is 3.45. The molecule has 2 aromatic rings. The van der Waals surface area contributed by atoms with E-state index in [9.17, 15) is 4.79 Å². The first-order chi connectivity index (χ1) is 14.1. The molecular formula is C22H29N5OS. The van der Waals surface area contributed by atoms with E-state index >= 15 is 0 Å². The number of fused-ring (bicyclic) bond motifs is 1. The molecule has 2 fully saturated rings. The minimum Gasteiger partial charge on any atom is -0.356 e. The predicted octanol–water partition coefficient (Wildman–Crippen LogP) is 3.73. The number of hydrogen-bond donors (Lipinski definition) is 0. The summed E-state index contributed by atoms with van der Waals surface area (Å²) in [7, 11) is 0. The molecule has 0 aromatic carbocycles. The zero-order chi connectivity index (χ0) is 20.0. The average molecular weight is 412 g/mol. The largest absolute Gasteiger partial charge is 0.356 e. The fourth-order valence-electron chi connectivity index (χ4n) is 4.70. The number of carbonyl (C=O) groups is 1. The molecule has 0 bridgehead atoms. The molecule has 29 heavy (non-hydrogen) atoms. The molecule has 0 N–H and O–H groups in total. The Kier molecular flexibility index (Phi) is 5.02. The lowest BCUT2D eigenvalue weighted by molar-refractivity contribution is 0.0708. The molecule has 1 atom stereocenters. The second-order valence-electron chi connectivity index (χ2n) is 8.82. The Labute approximate surface area is 176 Å². The number of thiazole rings is 1. The number of carbonyl (C=O) groups excluding carboxylic acids is 1. The van der Waals surface area contributed by atoms with Crippen molar-refractivity contribution in [2.75, 3.05) is 31.1 Å². The van der Waals surface area contributed by atoms with Gasteiger partial charge < -0.3 is 9.80 Å². The second-order valence-corrected chi connectivity index (χ2v) is 9.67. The molecule has 3 aliphatic rings. The molecule has 7 heteroatoms. The van der Waals surface area contributed by atoms with E-state index in [0.717, 1.165) is 66.9 Å². The van der Waals surface area contributed by atoms with Gasteiger partial charge in [-0.2, -0.15) is 0 Å². The van der Waals surface area contributed by atoms with Crippen molar-refractivity contribution in [3.8, 4) is 0 Å². The van der Waals surface area contributed by atoms with Crippen LogP contribution in [0.1, 0.15) is 70.5 Å². The Morgan fingerprint density at radius 1 is 1.14 bits per heavy atom. The van der Waals surface area contributed by atoms with Crippen LogP contribution >= 0.6 is 11.3 Å². The van der Waals surface area contributed by atoms with Gasteiger partial charge in [0.2, 0.25) is 0 Å². The van der Waals surface area contributed by atoms with Crippen molar-refractivity contribution in [1.82, 2.24) is 19.9 Å². The predicted molar refractivity (Wildman–Crippen MR) is 115 cm³/mol. The number of aromatic nitrogens is 3. The van der Waals surface area contributed by atoms with Crippen LogP contribution in [0, 0.1) is 19.8 Å². The minimum absolute atomic E-state index is 0.111. The highest BCUT2D eigenvalue weighted by Crippen LogP contribution is 2.36. The highest BCUT2D eigenvalue weighted by molar-refractivity contribution is 7.11. The van der Waals surface area contributed by atoms with Crippen LogP contribution in [0.3, 0.4) is 0 Å². The second kappa shape index (κ2) is 7.67. The third kappa shape index (κ3) is 3.77. The van der Waals surface area contributed by atoms with E-state index in [2.05, 4.69) is 16.8 Å². The Balaban J connectivity index is 1.39. The van der Waals surface area contributed by atoms with Crippen LogP contribution < -0.4 is 4.90 Å². The molecule has 5 rings (SSSR count). The summed E-state index contributed by atoms with van der Waals surface area (Å²) in [6, 6.07) is 0. The number of rotatable bonds is 4. The van der Waals surface area contributed by atoms with E-state index in [-0.39, 0.29) is 11.8 Å². The first-order valence-corrected chi connectivity index (χ1v) is 11.8. The van der Waals surface area contributed by atoms with Crippen molar-refractivity contribution in [2.24, 2.45) is 5.92 Å². The van der Waals surface area contributed by atoms with Crippen LogP contribution in [0.15, 0.2) is 5.51 Å². The minimum atomic E-state index is 0.111. The lowest BCUT2D eigenvalue weighted by Crippen LogP contribution is -2.40. The molecule has 1 saturated carbocycles. The Morgan fingerprint density at radius 2 is 2.00 bits per heavy atom. The van der Waals surface area contributed by atoms with Gasteiger partial charge in [0.1, 0.15) is 16.5 Å². The summed E-state index contributed by atoms with van der Waals surface area (Å²) in [4.78, 5) is 32.5. The van der Waals surface area contributed by atoms with Gasteiger partial charge in [-0.1, -0.05) is 0 Å². The topological polar surface area (TPSA) is 62.2 Å². The molecular weight excluding hydrogens is 382 g/mol. The van der Waals surface area contributed by atoms with Crippen LogP contribution in [0.4, 0.5) is 5.82 Å². The molecule has 4 heterocycles. The highest BCUT2D eigenvalue weighted by atomic mass is 32.1. The summed E-state index contributed by atoms with van der Waals surface area (Å²) in [5.74, 6) is 3.29. The molecule has 2 aromatic heterocycles. The lowest BCUT2D eigenvalue weighted by Gasteiger charge is -2.34. The summed E-state index contributed by atoms with van der Waals surface area (Å²) in [6.07, 6.45) is 7.05. The van der Waals surface area contributed by atoms with Gasteiger partial charge in [-0.05, 0) is 58.3 Å². The first-order valence-electron chi connectivity index (χ1n) is 10.9. The highest BCUT2D eigenvalue weighted by Gasteiger charge is 2.32. The summed E-state index contributed by atoms with van der Waals surface area (Å²) in [5.41, 5.74) is 5.06. The summed E-state index contributed by atoms with van der Waals surface area (Å²) >= 11 is 1.44. The Bertz CT molecular complexity index is 922. The molecule has 6 nitrogen and oxygen atoms in total. The number of nitrogens with zero attached hydrogens (tertiary/aromatic N) is 5. The van der Waals surface area contributed by atoms with Crippen molar-refractivity contribution in [3.63, 3.8) is 0 Å². The third-order valence-electron chi connectivity index (χ3n) is 6.55. The van der Waals surface area contributed by atoms with Crippen molar-refractivity contribution < 1.29 is 4.79 Å². The Morgan fingerprint density at radius 3 is 2.76 bits per heavy atom. The normalized spacial score (nSPS) is 21.9. The number of anilines is 1. The molecule has 1 amide bonds. The summed E-state index contributed by atoms with van der Waals surface area (Å²) in [6.45, 7) is 7.82. The van der Waals surface area contributed by atoms with E-state index in [1.165, 1.54) is 42.0 Å². The molecule has 1 unspecified atom stereocenters. The van der Waals surface area contributed by atoms with Crippen LogP contribution in [-0.2, 0) is 6.42 Å². The maximum Gasteiger partial charge on any atom is 0.265 e. The van der Waals surface area contributed by atoms with E-state index < -0.39 is 0 Å². The maximum absolute atomic E-state index is 13.0.